The van der Waals surface area contributed by atoms with E-state index in [1.807, 2.05) is 6.92 Å². The summed E-state index contributed by atoms with van der Waals surface area (Å²) in [7, 11) is 1.79. The lowest BCUT2D eigenvalue weighted by atomic mass is 9.85. The lowest BCUT2D eigenvalue weighted by Crippen LogP contribution is -2.64. The number of likely N-dealkylation sites (tertiary alicyclic amines) is 1. The van der Waals surface area contributed by atoms with Gasteiger partial charge in [0.25, 0.3) is 0 Å². The van der Waals surface area contributed by atoms with Crippen LogP contribution in [-0.2, 0) is 4.74 Å². The van der Waals surface area contributed by atoms with Crippen molar-refractivity contribution in [1.82, 2.24) is 10.2 Å². The molecule has 17 heavy (non-hydrogen) atoms. The molecule has 4 nitrogen and oxygen atoms in total. The maximum absolute atomic E-state index is 10.5. The smallest absolute Gasteiger partial charge is 0.0798 e. The molecule has 0 bridgehead atoms. The molecule has 2 aliphatic heterocycles. The van der Waals surface area contributed by atoms with Gasteiger partial charge in [-0.05, 0) is 46.2 Å². The molecule has 2 aliphatic rings. The van der Waals surface area contributed by atoms with E-state index in [1.165, 1.54) is 0 Å². The molecule has 100 valence electrons. The van der Waals surface area contributed by atoms with Gasteiger partial charge in [-0.3, -0.25) is 4.90 Å². The van der Waals surface area contributed by atoms with E-state index < -0.39 is 5.60 Å². The molecule has 0 aromatic rings. The second kappa shape index (κ2) is 4.84. The molecule has 2 heterocycles. The maximum Gasteiger partial charge on any atom is 0.0798 e. The van der Waals surface area contributed by atoms with Crippen LogP contribution in [0.5, 0.6) is 0 Å². The molecular weight excluding hydrogens is 216 g/mol. The third kappa shape index (κ3) is 2.81. The van der Waals surface area contributed by atoms with Crippen LogP contribution < -0.4 is 5.32 Å². The maximum atomic E-state index is 10.5. The monoisotopic (exact) mass is 242 g/mol. The molecule has 0 spiro atoms. The number of hydrogen-bond acceptors (Lipinski definition) is 4. The Morgan fingerprint density at radius 2 is 2.12 bits per heavy atom. The van der Waals surface area contributed by atoms with Crippen LogP contribution in [0.15, 0.2) is 0 Å². The van der Waals surface area contributed by atoms with Crippen molar-refractivity contribution in [2.45, 2.75) is 50.4 Å². The summed E-state index contributed by atoms with van der Waals surface area (Å²) in [4.78, 5) is 2.40. The third-order valence-corrected chi connectivity index (χ3v) is 4.49. The van der Waals surface area contributed by atoms with Crippen molar-refractivity contribution < 1.29 is 9.84 Å². The van der Waals surface area contributed by atoms with E-state index in [4.69, 9.17) is 4.74 Å². The molecule has 0 saturated carbocycles. The number of nitrogens with zero attached hydrogens (tertiary/aromatic N) is 1. The van der Waals surface area contributed by atoms with Gasteiger partial charge in [0.15, 0.2) is 0 Å². The number of rotatable bonds is 2. The molecule has 2 fully saturated rings. The molecule has 0 radical (unpaired) electrons. The van der Waals surface area contributed by atoms with E-state index in [0.29, 0.717) is 0 Å². The SMILES string of the molecule is COC1(C)CCCN(C2CNCCC2(C)O)C1. The Kier molecular flexibility index (Phi) is 3.78. The Labute approximate surface area is 104 Å². The van der Waals surface area contributed by atoms with Crippen molar-refractivity contribution >= 4 is 0 Å². The van der Waals surface area contributed by atoms with Gasteiger partial charge in [0, 0.05) is 20.2 Å². The Morgan fingerprint density at radius 1 is 1.35 bits per heavy atom. The number of methoxy groups -OCH3 is 1. The number of piperidine rings is 2. The summed E-state index contributed by atoms with van der Waals surface area (Å²) < 4.78 is 5.62. The standard InChI is InChI=1S/C13H26N2O2/c1-12(17-3)5-4-8-15(10-12)11-9-14-7-6-13(11,2)16/h11,14,16H,4-10H2,1-3H3. The van der Waals surface area contributed by atoms with Crippen LogP contribution in [0, 0.1) is 0 Å². The molecule has 0 aromatic heterocycles. The first-order valence-corrected chi connectivity index (χ1v) is 6.69. The fraction of sp³-hybridized carbons (Fsp3) is 1.00. The number of nitrogens with one attached hydrogen (secondary N) is 1. The molecular formula is C13H26N2O2. The summed E-state index contributed by atoms with van der Waals surface area (Å²) >= 11 is 0. The van der Waals surface area contributed by atoms with Crippen LogP contribution in [0.25, 0.3) is 0 Å². The highest BCUT2D eigenvalue weighted by Crippen LogP contribution is 2.30. The van der Waals surface area contributed by atoms with Gasteiger partial charge in [-0.2, -0.15) is 0 Å². The van der Waals surface area contributed by atoms with Crippen molar-refractivity contribution in [3.8, 4) is 0 Å². The Morgan fingerprint density at radius 3 is 2.76 bits per heavy atom. The van der Waals surface area contributed by atoms with E-state index in [2.05, 4.69) is 17.1 Å². The summed E-state index contributed by atoms with van der Waals surface area (Å²) in [5.74, 6) is 0. The van der Waals surface area contributed by atoms with Crippen LogP contribution in [0.1, 0.15) is 33.1 Å². The van der Waals surface area contributed by atoms with Gasteiger partial charge in [0.2, 0.25) is 0 Å². The molecule has 2 N–H and O–H groups in total. The summed E-state index contributed by atoms with van der Waals surface area (Å²) in [5.41, 5.74) is -0.622. The van der Waals surface area contributed by atoms with Crippen LogP contribution in [0.4, 0.5) is 0 Å². The predicted molar refractivity (Wildman–Crippen MR) is 68.1 cm³/mol. The summed E-state index contributed by atoms with van der Waals surface area (Å²) in [5, 5.41) is 13.9. The van der Waals surface area contributed by atoms with E-state index in [-0.39, 0.29) is 11.6 Å². The molecule has 3 atom stereocenters. The van der Waals surface area contributed by atoms with Crippen molar-refractivity contribution in [3.63, 3.8) is 0 Å². The van der Waals surface area contributed by atoms with Gasteiger partial charge in [-0.15, -0.1) is 0 Å². The van der Waals surface area contributed by atoms with Gasteiger partial charge in [-0.25, -0.2) is 0 Å². The largest absolute Gasteiger partial charge is 0.388 e. The van der Waals surface area contributed by atoms with E-state index in [9.17, 15) is 5.11 Å². The predicted octanol–water partition coefficient (Wildman–Crippen LogP) is 0.600. The second-order valence-corrected chi connectivity index (χ2v) is 6.06. The molecule has 3 unspecified atom stereocenters. The summed E-state index contributed by atoms with van der Waals surface area (Å²) in [6.07, 6.45) is 3.09. The lowest BCUT2D eigenvalue weighted by molar-refractivity contribution is -0.107. The highest BCUT2D eigenvalue weighted by Gasteiger charge is 2.42. The molecule has 4 heteroatoms. The first kappa shape index (κ1) is 13.3. The minimum atomic E-state index is -0.572. The first-order valence-electron chi connectivity index (χ1n) is 6.69. The highest BCUT2D eigenvalue weighted by molar-refractivity contribution is 4.98. The third-order valence-electron chi connectivity index (χ3n) is 4.49. The first-order chi connectivity index (χ1) is 7.97. The number of aliphatic hydroxyl groups is 1. The Bertz CT molecular complexity index is 270. The summed E-state index contributed by atoms with van der Waals surface area (Å²) in [6.45, 7) is 7.93. The minimum Gasteiger partial charge on any atom is -0.388 e. The quantitative estimate of drug-likeness (QED) is 0.744. The van der Waals surface area contributed by atoms with Crippen LogP contribution in [0.3, 0.4) is 0 Å². The zero-order valence-corrected chi connectivity index (χ0v) is 11.3. The summed E-state index contributed by atoms with van der Waals surface area (Å²) in [6, 6.07) is 0.214. The Balaban J connectivity index is 2.05. The number of ether oxygens (including phenoxy) is 1. The van der Waals surface area contributed by atoms with Crippen LogP contribution in [0.2, 0.25) is 0 Å². The average molecular weight is 242 g/mol. The highest BCUT2D eigenvalue weighted by atomic mass is 16.5. The molecule has 0 aromatic carbocycles. The number of hydrogen-bond donors (Lipinski definition) is 2. The van der Waals surface area contributed by atoms with Gasteiger partial charge < -0.3 is 15.2 Å². The molecule has 0 amide bonds. The lowest BCUT2D eigenvalue weighted by Gasteiger charge is -2.49. The van der Waals surface area contributed by atoms with Crippen molar-refractivity contribution in [3.05, 3.63) is 0 Å². The van der Waals surface area contributed by atoms with Crippen molar-refractivity contribution in [2.24, 2.45) is 0 Å². The van der Waals surface area contributed by atoms with Crippen molar-refractivity contribution in [1.29, 1.82) is 0 Å². The Hall–Kier alpha value is -0.160. The minimum absolute atomic E-state index is 0.0498. The zero-order valence-electron chi connectivity index (χ0n) is 11.3. The van der Waals surface area contributed by atoms with E-state index >= 15 is 0 Å². The van der Waals surface area contributed by atoms with Crippen LogP contribution >= 0.6 is 0 Å². The molecule has 0 aliphatic carbocycles. The van der Waals surface area contributed by atoms with Gasteiger partial charge in [0.1, 0.15) is 0 Å². The average Bonchev–Trinajstić information content (AvgIpc) is 2.28. The topological polar surface area (TPSA) is 44.7 Å². The van der Waals surface area contributed by atoms with E-state index in [1.54, 1.807) is 7.11 Å². The fourth-order valence-electron chi connectivity index (χ4n) is 3.17. The normalized spacial score (nSPS) is 44.8. The zero-order chi connectivity index (χ0) is 12.5. The van der Waals surface area contributed by atoms with Gasteiger partial charge >= 0.3 is 0 Å². The molecule has 2 saturated heterocycles. The molecule has 2 rings (SSSR count). The van der Waals surface area contributed by atoms with Crippen LogP contribution in [-0.4, -0.2) is 60.5 Å². The second-order valence-electron chi connectivity index (χ2n) is 6.06. The van der Waals surface area contributed by atoms with Gasteiger partial charge in [-0.1, -0.05) is 0 Å². The fourth-order valence-corrected chi connectivity index (χ4v) is 3.17. The van der Waals surface area contributed by atoms with Gasteiger partial charge in [0.05, 0.1) is 17.2 Å². The van der Waals surface area contributed by atoms with E-state index in [0.717, 1.165) is 45.4 Å². The van der Waals surface area contributed by atoms with Crippen molar-refractivity contribution in [2.75, 3.05) is 33.3 Å².